The normalized spacial score (nSPS) is 12.5. The van der Waals surface area contributed by atoms with E-state index >= 15 is 0 Å². The van der Waals surface area contributed by atoms with E-state index in [1.54, 1.807) is 0 Å². The second kappa shape index (κ2) is 8.63. The minimum absolute atomic E-state index is 0.506. The molecule has 1 aromatic heterocycles. The van der Waals surface area contributed by atoms with Gasteiger partial charge in [-0.3, -0.25) is 0 Å². The Kier molecular flexibility index (Phi) is 6.48. The van der Waals surface area contributed by atoms with Crippen LogP contribution in [0.2, 0.25) is 0 Å². The topological polar surface area (TPSA) is 29.9 Å². The van der Waals surface area contributed by atoms with Crippen LogP contribution in [-0.4, -0.2) is 22.6 Å². The van der Waals surface area contributed by atoms with Crippen LogP contribution in [0.1, 0.15) is 37.6 Å². The van der Waals surface area contributed by atoms with E-state index in [-0.39, 0.29) is 0 Å². The highest BCUT2D eigenvalue weighted by molar-refractivity contribution is 5.14. The second-order valence-corrected chi connectivity index (χ2v) is 5.60. The van der Waals surface area contributed by atoms with Gasteiger partial charge in [0.15, 0.2) is 0 Å². The molecule has 0 spiro atoms. The number of imidazole rings is 1. The maximum absolute atomic E-state index is 4.51. The molecule has 3 nitrogen and oxygen atoms in total. The van der Waals surface area contributed by atoms with Gasteiger partial charge >= 0.3 is 0 Å². The third-order valence-corrected chi connectivity index (χ3v) is 3.96. The van der Waals surface area contributed by atoms with Crippen molar-refractivity contribution >= 4 is 0 Å². The zero-order valence-electron chi connectivity index (χ0n) is 13.3. The molecule has 21 heavy (non-hydrogen) atoms. The van der Waals surface area contributed by atoms with Crippen LogP contribution in [0.25, 0.3) is 0 Å². The van der Waals surface area contributed by atoms with Crippen LogP contribution >= 0.6 is 0 Å². The van der Waals surface area contributed by atoms with Gasteiger partial charge in [-0.1, -0.05) is 37.3 Å². The monoisotopic (exact) mass is 285 g/mol. The molecule has 1 unspecified atom stereocenters. The predicted molar refractivity (Wildman–Crippen MR) is 88.4 cm³/mol. The molecule has 0 saturated heterocycles. The first-order chi connectivity index (χ1) is 10.3. The van der Waals surface area contributed by atoms with Crippen LogP contribution in [0.15, 0.2) is 42.7 Å². The van der Waals surface area contributed by atoms with Crippen molar-refractivity contribution in [3.05, 3.63) is 54.1 Å². The van der Waals surface area contributed by atoms with Gasteiger partial charge in [-0.2, -0.15) is 0 Å². The van der Waals surface area contributed by atoms with Crippen LogP contribution < -0.4 is 5.32 Å². The molecule has 0 fully saturated rings. The molecule has 1 atom stereocenters. The lowest BCUT2D eigenvalue weighted by atomic mass is 10.0. The molecule has 0 aliphatic rings. The van der Waals surface area contributed by atoms with Gasteiger partial charge in [-0.25, -0.2) is 4.98 Å². The number of hydrogen-bond acceptors (Lipinski definition) is 2. The van der Waals surface area contributed by atoms with Crippen molar-refractivity contribution in [3.8, 4) is 0 Å². The number of nitrogens with zero attached hydrogens (tertiary/aromatic N) is 2. The first-order valence-electron chi connectivity index (χ1n) is 8.04. The lowest BCUT2D eigenvalue weighted by Gasteiger charge is -2.16. The average Bonchev–Trinajstić information content (AvgIpc) is 2.95. The molecule has 0 radical (unpaired) electrons. The molecule has 3 heteroatoms. The van der Waals surface area contributed by atoms with E-state index in [9.17, 15) is 0 Å². The van der Waals surface area contributed by atoms with Crippen molar-refractivity contribution in [2.75, 3.05) is 7.05 Å². The molecule has 1 N–H and O–H groups in total. The Morgan fingerprint density at radius 2 is 2.05 bits per heavy atom. The minimum atomic E-state index is 0.506. The molecule has 2 rings (SSSR count). The lowest BCUT2D eigenvalue weighted by molar-refractivity contribution is 0.479. The van der Waals surface area contributed by atoms with E-state index in [1.807, 2.05) is 6.20 Å². The van der Waals surface area contributed by atoms with Crippen molar-refractivity contribution in [2.45, 2.75) is 51.6 Å². The Labute approximate surface area is 128 Å². The molecular weight excluding hydrogens is 258 g/mol. The fourth-order valence-electron chi connectivity index (χ4n) is 2.74. The third-order valence-electron chi connectivity index (χ3n) is 3.96. The van der Waals surface area contributed by atoms with Crippen molar-refractivity contribution in [1.29, 1.82) is 0 Å². The van der Waals surface area contributed by atoms with Crippen LogP contribution in [0.3, 0.4) is 0 Å². The highest BCUT2D eigenvalue weighted by atomic mass is 15.1. The van der Waals surface area contributed by atoms with E-state index in [2.05, 4.69) is 65.4 Å². The van der Waals surface area contributed by atoms with Gasteiger partial charge in [0.2, 0.25) is 0 Å². The van der Waals surface area contributed by atoms with Crippen LogP contribution in [-0.2, 0) is 19.4 Å². The summed E-state index contributed by atoms with van der Waals surface area (Å²) in [5.74, 6) is 1.20. The summed E-state index contributed by atoms with van der Waals surface area (Å²) < 4.78 is 2.28. The highest BCUT2D eigenvalue weighted by Gasteiger charge is 2.11. The molecule has 0 aliphatic heterocycles. The van der Waals surface area contributed by atoms with Crippen LogP contribution in [0, 0.1) is 0 Å². The van der Waals surface area contributed by atoms with Gasteiger partial charge in [-0.15, -0.1) is 0 Å². The molecule has 0 bridgehead atoms. The number of rotatable bonds is 9. The maximum atomic E-state index is 4.51. The van der Waals surface area contributed by atoms with E-state index in [1.165, 1.54) is 24.2 Å². The van der Waals surface area contributed by atoms with Crippen LogP contribution in [0.4, 0.5) is 0 Å². The molecule has 0 aliphatic carbocycles. The van der Waals surface area contributed by atoms with Crippen molar-refractivity contribution in [3.63, 3.8) is 0 Å². The zero-order valence-corrected chi connectivity index (χ0v) is 13.3. The van der Waals surface area contributed by atoms with Crippen molar-refractivity contribution < 1.29 is 0 Å². The Morgan fingerprint density at radius 1 is 1.24 bits per heavy atom. The lowest BCUT2D eigenvalue weighted by Crippen LogP contribution is -2.29. The van der Waals surface area contributed by atoms with Crippen LogP contribution in [0.5, 0.6) is 0 Å². The summed E-state index contributed by atoms with van der Waals surface area (Å²) in [4.78, 5) is 4.51. The quantitative estimate of drug-likeness (QED) is 0.765. The molecular formula is C18H27N3. The van der Waals surface area contributed by atoms with E-state index in [4.69, 9.17) is 0 Å². The maximum Gasteiger partial charge on any atom is 0.110 e. The zero-order chi connectivity index (χ0) is 14.9. The summed E-state index contributed by atoms with van der Waals surface area (Å²) in [6, 6.07) is 11.2. The second-order valence-electron chi connectivity index (χ2n) is 5.60. The summed E-state index contributed by atoms with van der Waals surface area (Å²) >= 11 is 0. The fourth-order valence-corrected chi connectivity index (χ4v) is 2.74. The Morgan fingerprint density at radius 3 is 2.76 bits per heavy atom. The number of nitrogens with one attached hydrogen (secondary N) is 1. The predicted octanol–water partition coefficient (Wildman–Crippen LogP) is 3.45. The Hall–Kier alpha value is -1.61. The first kappa shape index (κ1) is 15.8. The van der Waals surface area contributed by atoms with Gasteiger partial charge in [0, 0.05) is 31.4 Å². The number of benzene rings is 1. The number of aromatic nitrogens is 2. The highest BCUT2D eigenvalue weighted by Crippen LogP contribution is 2.10. The Bertz CT molecular complexity index is 504. The standard InChI is InChI=1S/C18H27N3/c1-3-13-21-14-12-20-18(21)15-17(19-2)11-7-10-16-8-5-4-6-9-16/h4-6,8-9,12,14,17,19H,3,7,10-11,13,15H2,1-2H3. The third kappa shape index (κ3) is 5.01. The Balaban J connectivity index is 1.81. The van der Waals surface area contributed by atoms with Gasteiger partial charge < -0.3 is 9.88 Å². The molecule has 2 aromatic rings. The number of hydrogen-bond donors (Lipinski definition) is 1. The van der Waals surface area contributed by atoms with Crippen molar-refractivity contribution in [1.82, 2.24) is 14.9 Å². The summed E-state index contributed by atoms with van der Waals surface area (Å²) in [5, 5.41) is 3.44. The average molecular weight is 285 g/mol. The SMILES string of the molecule is CCCn1ccnc1CC(CCCc1ccccc1)NC. The van der Waals surface area contributed by atoms with Gasteiger partial charge in [0.05, 0.1) is 0 Å². The van der Waals surface area contributed by atoms with E-state index < -0.39 is 0 Å². The van der Waals surface area contributed by atoms with E-state index in [0.29, 0.717) is 6.04 Å². The molecule has 114 valence electrons. The number of likely N-dealkylation sites (N-methyl/N-ethyl adjacent to an activating group) is 1. The largest absolute Gasteiger partial charge is 0.335 e. The molecule has 1 heterocycles. The summed E-state index contributed by atoms with van der Waals surface area (Å²) in [6.45, 7) is 3.27. The van der Waals surface area contributed by atoms with E-state index in [0.717, 1.165) is 25.8 Å². The first-order valence-corrected chi connectivity index (χ1v) is 8.04. The smallest absolute Gasteiger partial charge is 0.110 e. The number of aryl methyl sites for hydroxylation is 2. The summed E-state index contributed by atoms with van der Waals surface area (Å²) in [5.41, 5.74) is 1.43. The molecule has 0 saturated carbocycles. The molecule has 0 amide bonds. The fraction of sp³-hybridized carbons (Fsp3) is 0.500. The van der Waals surface area contributed by atoms with Gasteiger partial charge in [0.1, 0.15) is 5.82 Å². The molecule has 1 aromatic carbocycles. The van der Waals surface area contributed by atoms with Gasteiger partial charge in [0.25, 0.3) is 0 Å². The summed E-state index contributed by atoms with van der Waals surface area (Å²) in [6.07, 6.45) is 9.73. The van der Waals surface area contributed by atoms with Gasteiger partial charge in [-0.05, 0) is 38.3 Å². The summed E-state index contributed by atoms with van der Waals surface area (Å²) in [7, 11) is 2.06. The van der Waals surface area contributed by atoms with Crippen molar-refractivity contribution in [2.24, 2.45) is 0 Å². The minimum Gasteiger partial charge on any atom is -0.335 e.